The van der Waals surface area contributed by atoms with Gasteiger partial charge in [0.2, 0.25) is 16.0 Å². The molecule has 0 bridgehead atoms. The van der Waals surface area contributed by atoms with Gasteiger partial charge in [0.05, 0.1) is 10.6 Å². The minimum Gasteiger partial charge on any atom is -0.368 e. The van der Waals surface area contributed by atoms with Crippen LogP contribution >= 0.6 is 12.4 Å². The van der Waals surface area contributed by atoms with E-state index in [9.17, 15) is 8.42 Å². The Hall–Kier alpha value is -1.74. The van der Waals surface area contributed by atoms with E-state index in [1.54, 1.807) is 36.5 Å². The van der Waals surface area contributed by atoms with Gasteiger partial charge in [0, 0.05) is 37.9 Å². The van der Waals surface area contributed by atoms with Crippen LogP contribution in [0.3, 0.4) is 0 Å². The molecule has 3 N–H and O–H groups in total. The number of nitrogens with one attached hydrogen (secondary N) is 1. The lowest BCUT2D eigenvalue weighted by molar-refractivity contribution is 0.360. The van der Waals surface area contributed by atoms with Crippen LogP contribution in [0.15, 0.2) is 41.4 Å². The SMILES string of the molecule is Cl.Nc1nccc(-c2ccc(S(=O)(=O)N3CCNCC3)cc2)n1. The molecule has 1 fully saturated rings. The van der Waals surface area contributed by atoms with Gasteiger partial charge in [-0.05, 0) is 18.2 Å². The maximum absolute atomic E-state index is 12.5. The van der Waals surface area contributed by atoms with Gasteiger partial charge in [-0.25, -0.2) is 18.4 Å². The minimum absolute atomic E-state index is 0. The van der Waals surface area contributed by atoms with Gasteiger partial charge in [-0.15, -0.1) is 12.4 Å². The summed E-state index contributed by atoms with van der Waals surface area (Å²) in [4.78, 5) is 8.26. The van der Waals surface area contributed by atoms with E-state index in [0.29, 0.717) is 36.8 Å². The summed E-state index contributed by atoms with van der Waals surface area (Å²) in [6.45, 7) is 2.34. The molecule has 0 aliphatic carbocycles. The molecular formula is C14H18ClN5O2S. The zero-order valence-corrected chi connectivity index (χ0v) is 14.0. The maximum Gasteiger partial charge on any atom is 0.243 e. The molecule has 9 heteroatoms. The standard InChI is InChI=1S/C14H17N5O2S.ClH/c15-14-17-6-5-13(18-14)11-1-3-12(4-2-11)22(20,21)19-9-7-16-8-10-19;/h1-6,16H,7-10H2,(H2,15,17,18);1H. The number of sulfonamides is 1. The number of hydrogen-bond donors (Lipinski definition) is 2. The van der Waals surface area contributed by atoms with Crippen molar-refractivity contribution < 1.29 is 8.42 Å². The third kappa shape index (κ3) is 3.78. The van der Waals surface area contributed by atoms with Crippen LogP contribution in [0.2, 0.25) is 0 Å². The van der Waals surface area contributed by atoms with Gasteiger partial charge in [0.1, 0.15) is 0 Å². The summed E-state index contributed by atoms with van der Waals surface area (Å²) in [5, 5.41) is 3.14. The highest BCUT2D eigenvalue weighted by atomic mass is 35.5. The van der Waals surface area contributed by atoms with Crippen molar-refractivity contribution in [3.63, 3.8) is 0 Å². The summed E-state index contributed by atoms with van der Waals surface area (Å²) in [7, 11) is -3.43. The Morgan fingerprint density at radius 2 is 1.74 bits per heavy atom. The summed E-state index contributed by atoms with van der Waals surface area (Å²) in [6, 6.07) is 8.40. The average Bonchev–Trinajstić information content (AvgIpc) is 2.56. The first-order chi connectivity index (χ1) is 10.6. The molecule has 0 radical (unpaired) electrons. The van der Waals surface area contributed by atoms with Crippen molar-refractivity contribution >= 4 is 28.4 Å². The van der Waals surface area contributed by atoms with Gasteiger partial charge in [0.15, 0.2) is 0 Å². The highest BCUT2D eigenvalue weighted by molar-refractivity contribution is 7.89. The fraction of sp³-hybridized carbons (Fsp3) is 0.286. The second-order valence-corrected chi connectivity index (χ2v) is 6.92. The average molecular weight is 356 g/mol. The molecule has 3 rings (SSSR count). The number of nitrogen functional groups attached to an aromatic ring is 1. The van der Waals surface area contributed by atoms with Crippen LogP contribution in [-0.4, -0.2) is 48.9 Å². The summed E-state index contributed by atoms with van der Waals surface area (Å²) < 4.78 is 26.6. The first kappa shape index (κ1) is 17.6. The number of nitrogens with zero attached hydrogens (tertiary/aromatic N) is 3. The molecule has 2 aromatic rings. The topological polar surface area (TPSA) is 101 Å². The molecule has 124 valence electrons. The van der Waals surface area contributed by atoms with Crippen LogP contribution < -0.4 is 11.1 Å². The zero-order chi connectivity index (χ0) is 15.6. The summed E-state index contributed by atoms with van der Waals surface area (Å²) in [5.74, 6) is 0.190. The van der Waals surface area contributed by atoms with E-state index in [-0.39, 0.29) is 18.4 Å². The normalized spacial score (nSPS) is 15.8. The van der Waals surface area contributed by atoms with Crippen LogP contribution in [0.4, 0.5) is 5.95 Å². The molecule has 1 aliphatic heterocycles. The van der Waals surface area contributed by atoms with Crippen molar-refractivity contribution in [2.45, 2.75) is 4.90 Å². The van der Waals surface area contributed by atoms with E-state index in [0.717, 1.165) is 5.56 Å². The number of piperazine rings is 1. The van der Waals surface area contributed by atoms with Crippen molar-refractivity contribution in [3.8, 4) is 11.3 Å². The number of benzene rings is 1. The quantitative estimate of drug-likeness (QED) is 0.842. The Bertz CT molecular complexity index is 761. The lowest BCUT2D eigenvalue weighted by atomic mass is 10.1. The summed E-state index contributed by atoms with van der Waals surface area (Å²) in [5.41, 5.74) is 7.03. The zero-order valence-electron chi connectivity index (χ0n) is 12.3. The van der Waals surface area contributed by atoms with Crippen molar-refractivity contribution in [1.82, 2.24) is 19.6 Å². The molecule has 0 saturated carbocycles. The number of nitrogens with two attached hydrogens (primary N) is 1. The monoisotopic (exact) mass is 355 g/mol. The van der Waals surface area contributed by atoms with E-state index in [1.165, 1.54) is 4.31 Å². The van der Waals surface area contributed by atoms with E-state index in [4.69, 9.17) is 5.73 Å². The number of hydrogen-bond acceptors (Lipinski definition) is 6. The highest BCUT2D eigenvalue weighted by Crippen LogP contribution is 2.22. The van der Waals surface area contributed by atoms with Crippen LogP contribution in [0.25, 0.3) is 11.3 Å². The third-order valence-electron chi connectivity index (χ3n) is 3.54. The minimum atomic E-state index is -3.43. The first-order valence-corrected chi connectivity index (χ1v) is 8.41. The molecule has 0 unspecified atom stereocenters. The van der Waals surface area contributed by atoms with Crippen molar-refractivity contribution in [2.24, 2.45) is 0 Å². The largest absolute Gasteiger partial charge is 0.368 e. The van der Waals surface area contributed by atoms with Crippen LogP contribution in [0.1, 0.15) is 0 Å². The number of anilines is 1. The van der Waals surface area contributed by atoms with E-state index in [2.05, 4.69) is 15.3 Å². The molecule has 2 heterocycles. The van der Waals surface area contributed by atoms with Gasteiger partial charge in [-0.1, -0.05) is 12.1 Å². The Labute approximate surface area is 141 Å². The molecule has 1 saturated heterocycles. The predicted octanol–water partition coefficient (Wildman–Crippen LogP) is 0.741. The molecule has 0 atom stereocenters. The van der Waals surface area contributed by atoms with E-state index < -0.39 is 10.0 Å². The number of aromatic nitrogens is 2. The molecule has 0 amide bonds. The molecule has 0 spiro atoms. The lowest BCUT2D eigenvalue weighted by Crippen LogP contribution is -2.46. The second kappa shape index (κ2) is 7.22. The highest BCUT2D eigenvalue weighted by Gasteiger charge is 2.25. The van der Waals surface area contributed by atoms with Crippen molar-refractivity contribution in [2.75, 3.05) is 31.9 Å². The third-order valence-corrected chi connectivity index (χ3v) is 5.45. The van der Waals surface area contributed by atoms with Gasteiger partial charge >= 0.3 is 0 Å². The van der Waals surface area contributed by atoms with E-state index in [1.807, 2.05) is 0 Å². The molecule has 7 nitrogen and oxygen atoms in total. The fourth-order valence-electron chi connectivity index (χ4n) is 2.37. The summed E-state index contributed by atoms with van der Waals surface area (Å²) in [6.07, 6.45) is 1.57. The molecule has 1 aromatic heterocycles. The maximum atomic E-state index is 12.5. The molecule has 23 heavy (non-hydrogen) atoms. The predicted molar refractivity (Wildman–Crippen MR) is 90.8 cm³/mol. The second-order valence-electron chi connectivity index (χ2n) is 4.98. The van der Waals surface area contributed by atoms with E-state index >= 15 is 0 Å². The number of rotatable bonds is 3. The number of halogens is 1. The Morgan fingerprint density at radius 3 is 2.35 bits per heavy atom. The van der Waals surface area contributed by atoms with Gasteiger partial charge in [0.25, 0.3) is 0 Å². The fourth-order valence-corrected chi connectivity index (χ4v) is 3.81. The van der Waals surface area contributed by atoms with Crippen molar-refractivity contribution in [3.05, 3.63) is 36.5 Å². The summed E-state index contributed by atoms with van der Waals surface area (Å²) >= 11 is 0. The molecular weight excluding hydrogens is 338 g/mol. The Balaban J connectivity index is 0.00000192. The van der Waals surface area contributed by atoms with Gasteiger partial charge in [-0.3, -0.25) is 0 Å². The molecule has 1 aliphatic rings. The van der Waals surface area contributed by atoms with Crippen LogP contribution in [0.5, 0.6) is 0 Å². The first-order valence-electron chi connectivity index (χ1n) is 6.97. The van der Waals surface area contributed by atoms with Gasteiger partial charge in [-0.2, -0.15) is 4.31 Å². The molecule has 1 aromatic carbocycles. The Kier molecular flexibility index (Phi) is 5.53. The Morgan fingerprint density at radius 1 is 1.09 bits per heavy atom. The van der Waals surface area contributed by atoms with Crippen molar-refractivity contribution in [1.29, 1.82) is 0 Å². The van der Waals surface area contributed by atoms with Gasteiger partial charge < -0.3 is 11.1 Å². The van der Waals surface area contributed by atoms with Crippen LogP contribution in [-0.2, 0) is 10.0 Å². The van der Waals surface area contributed by atoms with Crippen LogP contribution in [0, 0.1) is 0 Å². The lowest BCUT2D eigenvalue weighted by Gasteiger charge is -2.26. The smallest absolute Gasteiger partial charge is 0.243 e.